The van der Waals surface area contributed by atoms with Gasteiger partial charge >= 0.3 is 0 Å². The zero-order valence-electron chi connectivity index (χ0n) is 39.3. The minimum Gasteiger partial charge on any atom is -0.309 e. The molecule has 0 radical (unpaired) electrons. The summed E-state index contributed by atoms with van der Waals surface area (Å²) in [6.07, 6.45) is 6.85. The van der Waals surface area contributed by atoms with Crippen molar-refractivity contribution < 1.29 is 14.4 Å². The van der Waals surface area contributed by atoms with Crippen LogP contribution in [0, 0.1) is 6.92 Å². The SMILES string of the molecule is C=Cc1c(/C=C\C)n(-c2cccc(C(=O)c3cc(C)cc(C(=O)c4cccc(-n5c6ccccc6c6ccccc65)c4)c3)c2)c2ccccc12.O=Cc1cccc(-n2c3ccccc3c3ccccc32)c1. The van der Waals surface area contributed by atoms with Gasteiger partial charge in [0.15, 0.2) is 11.6 Å². The third kappa shape index (κ3) is 7.87. The lowest BCUT2D eigenvalue weighted by Gasteiger charge is -2.12. The topological polar surface area (TPSA) is 66.0 Å². The first-order valence-electron chi connectivity index (χ1n) is 23.7. The van der Waals surface area contributed by atoms with E-state index in [0.717, 1.165) is 83.9 Å². The zero-order valence-corrected chi connectivity index (χ0v) is 39.3. The molecule has 0 unspecified atom stereocenters. The van der Waals surface area contributed by atoms with Crippen LogP contribution in [0.4, 0.5) is 0 Å². The fourth-order valence-corrected chi connectivity index (χ4v) is 10.2. The Bertz CT molecular complexity index is 4010. The first-order chi connectivity index (χ1) is 34.8. The zero-order chi connectivity index (χ0) is 48.6. The van der Waals surface area contributed by atoms with Gasteiger partial charge in [-0.05, 0) is 110 Å². The normalized spacial score (nSPS) is 11.4. The van der Waals surface area contributed by atoms with Gasteiger partial charge in [-0.15, -0.1) is 0 Å². The number of rotatable bonds is 10. The Morgan fingerprint density at radius 3 is 1.25 bits per heavy atom. The second kappa shape index (κ2) is 18.6. The molecule has 3 heterocycles. The lowest BCUT2D eigenvalue weighted by molar-refractivity contribution is 0.103. The quantitative estimate of drug-likeness (QED) is 0.101. The van der Waals surface area contributed by atoms with Gasteiger partial charge < -0.3 is 13.7 Å². The van der Waals surface area contributed by atoms with E-state index in [1.165, 1.54) is 10.8 Å². The second-order valence-electron chi connectivity index (χ2n) is 17.7. The van der Waals surface area contributed by atoms with Gasteiger partial charge in [-0.2, -0.15) is 0 Å². The largest absolute Gasteiger partial charge is 0.309 e. The number of hydrogen-bond donors (Lipinski definition) is 0. The molecule has 340 valence electrons. The maximum Gasteiger partial charge on any atom is 0.193 e. The molecular formula is C65H47N3O3. The van der Waals surface area contributed by atoms with Crippen LogP contribution in [-0.4, -0.2) is 31.6 Å². The highest BCUT2D eigenvalue weighted by Crippen LogP contribution is 2.35. The molecule has 0 spiro atoms. The van der Waals surface area contributed by atoms with Crippen molar-refractivity contribution in [3.8, 4) is 17.1 Å². The van der Waals surface area contributed by atoms with Crippen molar-refractivity contribution >= 4 is 84.5 Å². The molecular weight excluding hydrogens is 871 g/mol. The minimum atomic E-state index is -0.142. The lowest BCUT2D eigenvalue weighted by Crippen LogP contribution is -2.08. The molecule has 0 aliphatic carbocycles. The summed E-state index contributed by atoms with van der Waals surface area (Å²) in [6, 6.07) is 70.1. The number of allylic oxidation sites excluding steroid dienone is 1. The van der Waals surface area contributed by atoms with Gasteiger partial charge in [-0.3, -0.25) is 14.4 Å². The van der Waals surface area contributed by atoms with Crippen LogP contribution in [0.2, 0.25) is 0 Å². The Kier molecular flexibility index (Phi) is 11.6. The first kappa shape index (κ1) is 44.1. The smallest absolute Gasteiger partial charge is 0.193 e. The molecule has 0 bridgehead atoms. The summed E-state index contributed by atoms with van der Waals surface area (Å²) < 4.78 is 6.57. The number of benzene rings is 9. The van der Waals surface area contributed by atoms with E-state index >= 15 is 0 Å². The Balaban J connectivity index is 0.000000216. The molecule has 12 aromatic rings. The summed E-state index contributed by atoms with van der Waals surface area (Å²) in [7, 11) is 0. The summed E-state index contributed by atoms with van der Waals surface area (Å²) in [5, 5.41) is 5.87. The Labute approximate surface area is 411 Å². The molecule has 3 aromatic heterocycles. The van der Waals surface area contributed by atoms with E-state index in [1.807, 2.05) is 159 Å². The van der Waals surface area contributed by atoms with Crippen molar-refractivity contribution in [3.05, 3.63) is 270 Å². The fourth-order valence-electron chi connectivity index (χ4n) is 10.2. The van der Waals surface area contributed by atoms with Crippen LogP contribution in [-0.2, 0) is 0 Å². The Morgan fingerprint density at radius 2 is 0.817 bits per heavy atom. The summed E-state index contributed by atoms with van der Waals surface area (Å²) in [5.41, 5.74) is 13.9. The number of carbonyl (C=O) groups is 3. The van der Waals surface area contributed by atoms with Gasteiger partial charge in [0.2, 0.25) is 0 Å². The van der Waals surface area contributed by atoms with Gasteiger partial charge in [-0.25, -0.2) is 0 Å². The van der Waals surface area contributed by atoms with Crippen LogP contribution in [0.5, 0.6) is 0 Å². The van der Waals surface area contributed by atoms with Gasteiger partial charge in [0, 0.05) is 77.4 Å². The highest BCUT2D eigenvalue weighted by Gasteiger charge is 2.20. The van der Waals surface area contributed by atoms with Crippen molar-refractivity contribution in [2.45, 2.75) is 13.8 Å². The van der Waals surface area contributed by atoms with E-state index in [-0.39, 0.29) is 11.6 Å². The number of aromatic nitrogens is 3. The van der Waals surface area contributed by atoms with Crippen LogP contribution in [0.15, 0.2) is 225 Å². The monoisotopic (exact) mass is 917 g/mol. The number of hydrogen-bond acceptors (Lipinski definition) is 3. The van der Waals surface area contributed by atoms with Gasteiger partial charge in [0.05, 0.1) is 33.3 Å². The molecule has 0 N–H and O–H groups in total. The van der Waals surface area contributed by atoms with Crippen LogP contribution >= 0.6 is 0 Å². The molecule has 12 rings (SSSR count). The summed E-state index contributed by atoms with van der Waals surface area (Å²) in [6.45, 7) is 7.99. The molecule has 0 aliphatic heterocycles. The number of aryl methyl sites for hydroxylation is 1. The van der Waals surface area contributed by atoms with E-state index in [2.05, 4.69) is 99.2 Å². The van der Waals surface area contributed by atoms with Crippen molar-refractivity contribution in [3.63, 3.8) is 0 Å². The van der Waals surface area contributed by atoms with E-state index < -0.39 is 0 Å². The predicted molar refractivity (Wildman–Crippen MR) is 293 cm³/mol. The standard InChI is InChI=1S/C46H34N2O2.C19H13NO/c1-4-14-41-37(5-2)38-19-6-9-22-42(38)47(41)35-17-12-15-31(28-35)45(49)33-25-30(3)26-34(27-33)46(50)32-16-13-18-36(29-32)48-43-23-10-7-20-39(43)40-21-8-11-24-44(40)48;21-13-14-6-5-7-15(12-14)20-18-10-3-1-8-16(18)17-9-2-4-11-19(17)20/h4-29H,2H2,1,3H3;1-13H/b14-4-;. The summed E-state index contributed by atoms with van der Waals surface area (Å²) in [5.74, 6) is -0.275. The van der Waals surface area contributed by atoms with Gasteiger partial charge in [0.1, 0.15) is 6.29 Å². The van der Waals surface area contributed by atoms with Crippen molar-refractivity contribution in [1.82, 2.24) is 13.7 Å². The third-order valence-corrected chi connectivity index (χ3v) is 13.2. The van der Waals surface area contributed by atoms with E-state index in [4.69, 9.17) is 0 Å². The van der Waals surface area contributed by atoms with Gasteiger partial charge in [-0.1, -0.05) is 146 Å². The Hall–Kier alpha value is -9.39. The Morgan fingerprint density at radius 1 is 0.423 bits per heavy atom. The maximum atomic E-state index is 14.1. The average Bonchev–Trinajstić information content (AvgIpc) is 4.06. The molecule has 0 saturated carbocycles. The minimum absolute atomic E-state index is 0.133. The molecule has 9 aromatic carbocycles. The first-order valence-corrected chi connectivity index (χ1v) is 23.7. The van der Waals surface area contributed by atoms with Crippen LogP contribution < -0.4 is 0 Å². The average molecular weight is 918 g/mol. The number of ketones is 2. The van der Waals surface area contributed by atoms with Crippen LogP contribution in [0.1, 0.15) is 65.9 Å². The molecule has 0 atom stereocenters. The molecule has 0 fully saturated rings. The van der Waals surface area contributed by atoms with E-state index in [9.17, 15) is 14.4 Å². The number of aldehydes is 1. The third-order valence-electron chi connectivity index (χ3n) is 13.2. The summed E-state index contributed by atoms with van der Waals surface area (Å²) >= 11 is 0. The van der Waals surface area contributed by atoms with Crippen LogP contribution in [0.3, 0.4) is 0 Å². The summed E-state index contributed by atoms with van der Waals surface area (Å²) in [4.78, 5) is 39.3. The fraction of sp³-hybridized carbons (Fsp3) is 0.0308. The maximum absolute atomic E-state index is 14.1. The highest BCUT2D eigenvalue weighted by atomic mass is 16.1. The highest BCUT2D eigenvalue weighted by molar-refractivity contribution is 6.14. The number of nitrogens with zero attached hydrogens (tertiary/aromatic N) is 3. The van der Waals surface area contributed by atoms with Gasteiger partial charge in [0.25, 0.3) is 0 Å². The molecule has 0 amide bonds. The number of carbonyl (C=O) groups excluding carboxylic acids is 3. The molecule has 0 aliphatic rings. The molecule has 6 nitrogen and oxygen atoms in total. The van der Waals surface area contributed by atoms with E-state index in [1.54, 1.807) is 6.07 Å². The van der Waals surface area contributed by atoms with E-state index in [0.29, 0.717) is 27.8 Å². The predicted octanol–water partition coefficient (Wildman–Crippen LogP) is 15.8. The lowest BCUT2D eigenvalue weighted by atomic mass is 9.95. The molecule has 71 heavy (non-hydrogen) atoms. The number of para-hydroxylation sites is 5. The van der Waals surface area contributed by atoms with Crippen LogP contribution in [0.25, 0.3) is 83.7 Å². The van der Waals surface area contributed by atoms with Crippen molar-refractivity contribution in [2.24, 2.45) is 0 Å². The van der Waals surface area contributed by atoms with Crippen molar-refractivity contribution in [1.29, 1.82) is 0 Å². The molecule has 6 heteroatoms. The second-order valence-corrected chi connectivity index (χ2v) is 17.7. The molecule has 0 saturated heterocycles. The van der Waals surface area contributed by atoms with Crippen molar-refractivity contribution in [2.75, 3.05) is 0 Å². The number of fused-ring (bicyclic) bond motifs is 7.